The van der Waals surface area contributed by atoms with Crippen molar-refractivity contribution in [1.82, 2.24) is 10.4 Å². The van der Waals surface area contributed by atoms with Gasteiger partial charge in [0.15, 0.2) is 0 Å². The molecule has 0 aliphatic carbocycles. The SMILES string of the molecule is O=C1NN2CCCCC2C1Br. The van der Waals surface area contributed by atoms with Crippen molar-refractivity contribution in [2.24, 2.45) is 0 Å². The standard InChI is InChI=1S/C7H11BrN2O/c8-6-5-3-1-2-4-10(5)9-7(6)11/h5-6H,1-4H2,(H,9,11). The van der Waals surface area contributed by atoms with Crippen molar-refractivity contribution < 1.29 is 4.79 Å². The lowest BCUT2D eigenvalue weighted by Crippen LogP contribution is -2.42. The van der Waals surface area contributed by atoms with Gasteiger partial charge in [0.25, 0.3) is 0 Å². The van der Waals surface area contributed by atoms with E-state index < -0.39 is 0 Å². The second-order valence-electron chi connectivity index (χ2n) is 3.13. The van der Waals surface area contributed by atoms with Crippen molar-refractivity contribution in [3.8, 4) is 0 Å². The van der Waals surface area contributed by atoms with Crippen molar-refractivity contribution in [2.45, 2.75) is 30.1 Å². The number of nitrogens with one attached hydrogen (secondary N) is 1. The minimum Gasteiger partial charge on any atom is -0.288 e. The van der Waals surface area contributed by atoms with Crippen LogP contribution in [0.15, 0.2) is 0 Å². The minimum absolute atomic E-state index is 0.0165. The molecule has 4 heteroatoms. The first-order valence-electron chi connectivity index (χ1n) is 4.00. The van der Waals surface area contributed by atoms with Gasteiger partial charge in [-0.15, -0.1) is 0 Å². The number of carbonyl (C=O) groups excluding carboxylic acids is 1. The summed E-state index contributed by atoms with van der Waals surface area (Å²) in [6.07, 6.45) is 3.59. The molecule has 0 bridgehead atoms. The highest BCUT2D eigenvalue weighted by molar-refractivity contribution is 9.10. The molecule has 2 aliphatic rings. The highest BCUT2D eigenvalue weighted by Crippen LogP contribution is 2.26. The van der Waals surface area contributed by atoms with E-state index in [1.165, 1.54) is 12.8 Å². The Morgan fingerprint density at radius 1 is 1.55 bits per heavy atom. The maximum Gasteiger partial charge on any atom is 0.249 e. The number of piperidine rings is 1. The molecule has 0 saturated carbocycles. The molecular weight excluding hydrogens is 208 g/mol. The van der Waals surface area contributed by atoms with Crippen LogP contribution in [-0.2, 0) is 4.79 Å². The summed E-state index contributed by atoms with van der Waals surface area (Å²) in [5, 5.41) is 2.06. The molecule has 3 nitrogen and oxygen atoms in total. The third kappa shape index (κ3) is 1.18. The van der Waals surface area contributed by atoms with E-state index in [2.05, 4.69) is 26.4 Å². The molecule has 2 saturated heterocycles. The summed E-state index contributed by atoms with van der Waals surface area (Å²) >= 11 is 3.39. The summed E-state index contributed by atoms with van der Waals surface area (Å²) in [5.74, 6) is 0.122. The molecule has 0 spiro atoms. The number of hydrogen-bond donors (Lipinski definition) is 1. The molecule has 0 aromatic carbocycles. The average molecular weight is 219 g/mol. The number of hydrogen-bond acceptors (Lipinski definition) is 2. The molecule has 2 fully saturated rings. The van der Waals surface area contributed by atoms with Crippen LogP contribution in [0.4, 0.5) is 0 Å². The van der Waals surface area contributed by atoms with Crippen LogP contribution < -0.4 is 5.43 Å². The number of fused-ring (bicyclic) bond motifs is 1. The zero-order chi connectivity index (χ0) is 7.84. The van der Waals surface area contributed by atoms with Gasteiger partial charge in [0.05, 0.1) is 6.04 Å². The Labute approximate surface area is 74.2 Å². The summed E-state index contributed by atoms with van der Waals surface area (Å²) in [4.78, 5) is 11.2. The Bertz CT molecular complexity index is 185. The molecule has 62 valence electrons. The smallest absolute Gasteiger partial charge is 0.249 e. The first-order valence-corrected chi connectivity index (χ1v) is 4.92. The molecule has 2 heterocycles. The van der Waals surface area contributed by atoms with E-state index in [1.807, 2.05) is 0 Å². The van der Waals surface area contributed by atoms with E-state index in [1.54, 1.807) is 0 Å². The molecule has 11 heavy (non-hydrogen) atoms. The van der Waals surface area contributed by atoms with Crippen LogP contribution in [0, 0.1) is 0 Å². The van der Waals surface area contributed by atoms with Crippen molar-refractivity contribution >= 4 is 21.8 Å². The third-order valence-electron chi connectivity index (χ3n) is 2.39. The summed E-state index contributed by atoms with van der Waals surface area (Å²) in [6.45, 7) is 1.01. The quantitative estimate of drug-likeness (QED) is 0.606. The summed E-state index contributed by atoms with van der Waals surface area (Å²) in [6, 6.07) is 0.399. The van der Waals surface area contributed by atoms with Gasteiger partial charge in [-0.1, -0.05) is 22.4 Å². The van der Waals surface area contributed by atoms with Crippen LogP contribution in [0.25, 0.3) is 0 Å². The van der Waals surface area contributed by atoms with E-state index in [0.29, 0.717) is 6.04 Å². The molecule has 2 aliphatic heterocycles. The van der Waals surface area contributed by atoms with Crippen LogP contribution >= 0.6 is 15.9 Å². The molecule has 2 rings (SSSR count). The predicted molar refractivity (Wildman–Crippen MR) is 45.2 cm³/mol. The Balaban J connectivity index is 2.11. The lowest BCUT2D eigenvalue weighted by molar-refractivity contribution is -0.120. The lowest BCUT2D eigenvalue weighted by atomic mass is 10.0. The monoisotopic (exact) mass is 218 g/mol. The Morgan fingerprint density at radius 3 is 3.09 bits per heavy atom. The Kier molecular flexibility index (Phi) is 1.89. The van der Waals surface area contributed by atoms with Gasteiger partial charge in [-0.2, -0.15) is 0 Å². The second kappa shape index (κ2) is 2.75. The summed E-state index contributed by atoms with van der Waals surface area (Å²) in [7, 11) is 0. The minimum atomic E-state index is 0.0165. The number of halogens is 1. The fraction of sp³-hybridized carbons (Fsp3) is 0.857. The van der Waals surface area contributed by atoms with E-state index in [4.69, 9.17) is 0 Å². The molecule has 2 atom stereocenters. The number of carbonyl (C=O) groups is 1. The van der Waals surface area contributed by atoms with E-state index in [9.17, 15) is 4.79 Å². The van der Waals surface area contributed by atoms with Crippen molar-refractivity contribution in [3.63, 3.8) is 0 Å². The van der Waals surface area contributed by atoms with E-state index >= 15 is 0 Å². The fourth-order valence-corrected chi connectivity index (χ4v) is 2.43. The maximum atomic E-state index is 11.1. The predicted octanol–water partition coefficient (Wildman–Crippen LogP) is 0.649. The highest BCUT2D eigenvalue weighted by atomic mass is 79.9. The highest BCUT2D eigenvalue weighted by Gasteiger charge is 2.39. The van der Waals surface area contributed by atoms with Crippen LogP contribution in [0.1, 0.15) is 19.3 Å². The maximum absolute atomic E-state index is 11.1. The van der Waals surface area contributed by atoms with Gasteiger partial charge in [0, 0.05) is 6.54 Å². The first-order chi connectivity index (χ1) is 5.29. The van der Waals surface area contributed by atoms with Crippen molar-refractivity contribution in [1.29, 1.82) is 0 Å². The Morgan fingerprint density at radius 2 is 2.36 bits per heavy atom. The molecule has 1 amide bonds. The zero-order valence-corrected chi connectivity index (χ0v) is 7.80. The van der Waals surface area contributed by atoms with Crippen LogP contribution in [0.2, 0.25) is 0 Å². The summed E-state index contributed by atoms with van der Waals surface area (Å²) in [5.41, 5.74) is 2.85. The molecule has 0 aromatic heterocycles. The van der Waals surface area contributed by atoms with E-state index in [0.717, 1.165) is 13.0 Å². The number of alkyl halides is 1. The van der Waals surface area contributed by atoms with Crippen molar-refractivity contribution in [2.75, 3.05) is 6.54 Å². The zero-order valence-electron chi connectivity index (χ0n) is 6.22. The molecular formula is C7H11BrN2O. The number of hydrazine groups is 1. The number of amides is 1. The van der Waals surface area contributed by atoms with Crippen molar-refractivity contribution in [3.05, 3.63) is 0 Å². The van der Waals surface area contributed by atoms with Crippen LogP contribution in [0.3, 0.4) is 0 Å². The van der Waals surface area contributed by atoms with Crippen LogP contribution in [-0.4, -0.2) is 28.3 Å². The fourth-order valence-electron chi connectivity index (χ4n) is 1.78. The third-order valence-corrected chi connectivity index (χ3v) is 3.42. The molecule has 2 unspecified atom stereocenters. The topological polar surface area (TPSA) is 32.3 Å². The second-order valence-corrected chi connectivity index (χ2v) is 4.12. The number of nitrogens with zero attached hydrogens (tertiary/aromatic N) is 1. The lowest BCUT2D eigenvalue weighted by Gasteiger charge is -2.28. The van der Waals surface area contributed by atoms with Gasteiger partial charge >= 0.3 is 0 Å². The largest absolute Gasteiger partial charge is 0.288 e. The van der Waals surface area contributed by atoms with Gasteiger partial charge in [0.1, 0.15) is 4.83 Å². The summed E-state index contributed by atoms with van der Waals surface area (Å²) < 4.78 is 0. The van der Waals surface area contributed by atoms with Gasteiger partial charge < -0.3 is 0 Å². The molecule has 1 N–H and O–H groups in total. The normalized spacial score (nSPS) is 38.5. The average Bonchev–Trinajstić information content (AvgIpc) is 2.30. The van der Waals surface area contributed by atoms with Gasteiger partial charge in [-0.05, 0) is 12.8 Å². The molecule has 0 aromatic rings. The molecule has 0 radical (unpaired) electrons. The van der Waals surface area contributed by atoms with Gasteiger partial charge in [0.2, 0.25) is 5.91 Å². The van der Waals surface area contributed by atoms with E-state index in [-0.39, 0.29) is 10.7 Å². The van der Waals surface area contributed by atoms with Gasteiger partial charge in [-0.25, -0.2) is 5.01 Å². The Hall–Kier alpha value is -0.0900. The first kappa shape index (κ1) is 7.55. The number of rotatable bonds is 0. The van der Waals surface area contributed by atoms with Crippen LogP contribution in [0.5, 0.6) is 0 Å². The van der Waals surface area contributed by atoms with Gasteiger partial charge in [-0.3, -0.25) is 10.2 Å².